The van der Waals surface area contributed by atoms with Gasteiger partial charge in [0.1, 0.15) is 34.4 Å². The number of carbonyl (C=O) groups is 2. The van der Waals surface area contributed by atoms with Gasteiger partial charge < -0.3 is 33.3 Å². The van der Waals surface area contributed by atoms with E-state index in [2.05, 4.69) is 30.5 Å². The number of rotatable bonds is 5. The Bertz CT molecular complexity index is 1390. The van der Waals surface area contributed by atoms with Gasteiger partial charge in [-0.05, 0) is 96.5 Å². The van der Waals surface area contributed by atoms with E-state index in [1.807, 2.05) is 61.6 Å². The van der Waals surface area contributed by atoms with Crippen LogP contribution in [0.4, 0.5) is 9.59 Å². The van der Waals surface area contributed by atoms with Crippen molar-refractivity contribution in [1.29, 1.82) is 0 Å². The van der Waals surface area contributed by atoms with Gasteiger partial charge in [0.25, 0.3) is 0 Å². The van der Waals surface area contributed by atoms with Crippen LogP contribution in [-0.4, -0.2) is 91.9 Å². The zero-order valence-electron chi connectivity index (χ0n) is 26.9. The average molecular weight is 699 g/mol. The number of piperidine rings is 1. The molecular formula is C31H45BrClN5O6. The number of halogens is 2. The van der Waals surface area contributed by atoms with Crippen molar-refractivity contribution in [2.75, 3.05) is 26.2 Å². The van der Waals surface area contributed by atoms with Crippen LogP contribution in [0.3, 0.4) is 0 Å². The maximum atomic E-state index is 13.7. The predicted molar refractivity (Wildman–Crippen MR) is 170 cm³/mol. The molecule has 44 heavy (non-hydrogen) atoms. The number of hydrogen-bond acceptors (Lipinski definition) is 8. The first-order valence-electron chi connectivity index (χ1n) is 15.4. The summed E-state index contributed by atoms with van der Waals surface area (Å²) in [5.41, 5.74) is -0.518. The summed E-state index contributed by atoms with van der Waals surface area (Å²) in [6.45, 7) is 17.1. The Morgan fingerprint density at radius 3 is 2.45 bits per heavy atom. The lowest BCUT2D eigenvalue weighted by Gasteiger charge is -2.37. The van der Waals surface area contributed by atoms with Crippen LogP contribution in [0.25, 0.3) is 11.0 Å². The fourth-order valence-corrected chi connectivity index (χ4v) is 7.55. The van der Waals surface area contributed by atoms with E-state index in [-0.39, 0.29) is 42.3 Å². The molecule has 1 saturated carbocycles. The van der Waals surface area contributed by atoms with Crippen LogP contribution in [0.15, 0.2) is 17.0 Å². The van der Waals surface area contributed by atoms with Crippen LogP contribution in [0.2, 0.25) is 5.15 Å². The minimum Gasteiger partial charge on any atom is -0.444 e. The van der Waals surface area contributed by atoms with Gasteiger partial charge >= 0.3 is 12.2 Å². The highest BCUT2D eigenvalue weighted by atomic mass is 79.9. The number of ether oxygens (including phenoxy) is 4. The molecule has 2 amide bonds. The van der Waals surface area contributed by atoms with Gasteiger partial charge in [0.2, 0.25) is 0 Å². The largest absolute Gasteiger partial charge is 0.444 e. The topological polar surface area (TPSA) is 108 Å². The van der Waals surface area contributed by atoms with Crippen molar-refractivity contribution in [2.24, 2.45) is 11.8 Å². The van der Waals surface area contributed by atoms with Crippen molar-refractivity contribution in [3.05, 3.63) is 22.1 Å². The van der Waals surface area contributed by atoms with Crippen molar-refractivity contribution in [2.45, 2.75) is 110 Å². The minimum absolute atomic E-state index is 0.0432. The van der Waals surface area contributed by atoms with Crippen LogP contribution in [0, 0.1) is 11.8 Å². The molecule has 0 radical (unpaired) electrons. The molecule has 11 nitrogen and oxygen atoms in total. The minimum atomic E-state index is -0.785. The highest BCUT2D eigenvalue weighted by Gasteiger charge is 2.55. The van der Waals surface area contributed by atoms with Gasteiger partial charge in [0.05, 0.1) is 17.5 Å². The van der Waals surface area contributed by atoms with Crippen LogP contribution in [-0.2, 0) is 18.9 Å². The second kappa shape index (κ2) is 12.2. The molecule has 13 heteroatoms. The highest BCUT2D eigenvalue weighted by molar-refractivity contribution is 9.10. The van der Waals surface area contributed by atoms with Gasteiger partial charge in [-0.1, -0.05) is 11.6 Å². The molecule has 0 aromatic carbocycles. The molecule has 1 aliphatic carbocycles. The average Bonchev–Trinajstić information content (AvgIpc) is 3.50. The highest BCUT2D eigenvalue weighted by Crippen LogP contribution is 2.49. The van der Waals surface area contributed by atoms with Crippen molar-refractivity contribution < 1.29 is 28.5 Å². The number of nitrogens with zero attached hydrogens (tertiary/aromatic N) is 5. The number of hydrogen-bond donors (Lipinski definition) is 0. The summed E-state index contributed by atoms with van der Waals surface area (Å²) in [4.78, 5) is 38.8. The fourth-order valence-electron chi connectivity index (χ4n) is 6.62. The van der Waals surface area contributed by atoms with E-state index < -0.39 is 17.0 Å². The summed E-state index contributed by atoms with van der Waals surface area (Å²) in [5, 5.41) is 1.12. The molecule has 2 saturated heterocycles. The molecule has 0 spiro atoms. The Labute approximate surface area is 273 Å². The molecule has 4 heterocycles. The maximum Gasteiger partial charge on any atom is 0.410 e. The lowest BCUT2D eigenvalue weighted by Crippen LogP contribution is -2.48. The second-order valence-corrected chi connectivity index (χ2v) is 15.9. The van der Waals surface area contributed by atoms with Gasteiger partial charge in [0.15, 0.2) is 5.79 Å². The molecule has 3 aliphatic rings. The normalized spacial score (nSPS) is 27.0. The van der Waals surface area contributed by atoms with E-state index in [1.54, 1.807) is 9.80 Å². The molecule has 0 bridgehead atoms. The zero-order chi connectivity index (χ0) is 32.2. The zero-order valence-corrected chi connectivity index (χ0v) is 29.3. The van der Waals surface area contributed by atoms with Crippen molar-refractivity contribution in [3.63, 3.8) is 0 Å². The third-order valence-electron chi connectivity index (χ3n) is 8.18. The standard InChI is InChI=1S/C31H45BrClN5O6/c1-29(2,3)43-27(39)36-11-9-10-18(13-36)14-37(28(40)44-30(4,5)6)15-19-12-21(24-23(19)41-31(7,8)42-24)38-16-20(32)22-25(33)34-17-35-26(22)38/h16-19,21,23-24H,9-15H2,1-8H3/t18-,19+,21+,23+,24-/m0/s1. The Morgan fingerprint density at radius 1 is 1.09 bits per heavy atom. The quantitative estimate of drug-likeness (QED) is 0.314. The fraction of sp³-hybridized carbons (Fsp3) is 0.742. The van der Waals surface area contributed by atoms with E-state index >= 15 is 0 Å². The molecule has 0 unspecified atom stereocenters. The third kappa shape index (κ3) is 7.45. The molecule has 2 aliphatic heterocycles. The first-order chi connectivity index (χ1) is 20.4. The van der Waals surface area contributed by atoms with E-state index in [0.717, 1.165) is 22.7 Å². The van der Waals surface area contributed by atoms with Gasteiger partial charge in [0, 0.05) is 42.8 Å². The second-order valence-electron chi connectivity index (χ2n) is 14.7. The van der Waals surface area contributed by atoms with Crippen molar-refractivity contribution >= 4 is 50.8 Å². The van der Waals surface area contributed by atoms with E-state index in [1.165, 1.54) is 6.33 Å². The SMILES string of the molecule is CC(C)(C)OC(=O)N1CCC[C@H](CN(C[C@H]2C[C@@H](n3cc(Br)c4c(Cl)ncnc43)[C@@H]3OC(C)(C)O[C@H]23)C(=O)OC(C)(C)C)C1. The van der Waals surface area contributed by atoms with Gasteiger partial charge in [-0.25, -0.2) is 19.6 Å². The first kappa shape index (κ1) is 33.2. The number of carbonyl (C=O) groups excluding carboxylic acids is 2. The van der Waals surface area contributed by atoms with E-state index in [4.69, 9.17) is 30.5 Å². The Hall–Kier alpha value is -2.15. The summed E-state index contributed by atoms with van der Waals surface area (Å²) in [7, 11) is 0. The van der Waals surface area contributed by atoms with Crippen molar-refractivity contribution in [3.8, 4) is 0 Å². The number of amides is 2. The van der Waals surface area contributed by atoms with Gasteiger partial charge in [-0.2, -0.15) is 0 Å². The van der Waals surface area contributed by atoms with Crippen LogP contribution in [0.5, 0.6) is 0 Å². The van der Waals surface area contributed by atoms with Crippen LogP contribution in [0.1, 0.15) is 80.7 Å². The molecule has 244 valence electrons. The molecule has 2 aromatic rings. The molecule has 2 aromatic heterocycles. The summed E-state index contributed by atoms with van der Waals surface area (Å²) in [6, 6.07) is -0.107. The summed E-state index contributed by atoms with van der Waals surface area (Å²) in [5.74, 6) is -0.747. The number of likely N-dealkylation sites (tertiary alicyclic amines) is 1. The first-order valence-corrected chi connectivity index (χ1v) is 16.6. The lowest BCUT2D eigenvalue weighted by atomic mass is 9.96. The summed E-state index contributed by atoms with van der Waals surface area (Å²) >= 11 is 10.1. The lowest BCUT2D eigenvalue weighted by molar-refractivity contribution is -0.160. The van der Waals surface area contributed by atoms with E-state index in [0.29, 0.717) is 43.4 Å². The monoisotopic (exact) mass is 697 g/mol. The molecule has 0 N–H and O–H groups in total. The predicted octanol–water partition coefficient (Wildman–Crippen LogP) is 6.81. The third-order valence-corrected chi connectivity index (χ3v) is 9.07. The molecule has 3 fully saturated rings. The van der Waals surface area contributed by atoms with E-state index in [9.17, 15) is 9.59 Å². The van der Waals surface area contributed by atoms with Crippen molar-refractivity contribution in [1.82, 2.24) is 24.3 Å². The van der Waals surface area contributed by atoms with Crippen LogP contribution < -0.4 is 0 Å². The Balaban J connectivity index is 1.39. The summed E-state index contributed by atoms with van der Waals surface area (Å²) < 4.78 is 27.4. The van der Waals surface area contributed by atoms with Gasteiger partial charge in [-0.3, -0.25) is 0 Å². The van der Waals surface area contributed by atoms with Crippen LogP contribution >= 0.6 is 27.5 Å². The molecule has 5 rings (SSSR count). The number of aromatic nitrogens is 3. The smallest absolute Gasteiger partial charge is 0.410 e. The molecule has 5 atom stereocenters. The van der Waals surface area contributed by atoms with Gasteiger partial charge in [-0.15, -0.1) is 0 Å². The maximum absolute atomic E-state index is 13.7. The molecular weight excluding hydrogens is 654 g/mol. The Morgan fingerprint density at radius 2 is 1.77 bits per heavy atom. The Kier molecular flexibility index (Phi) is 9.23. The number of fused-ring (bicyclic) bond motifs is 2. The summed E-state index contributed by atoms with van der Waals surface area (Å²) in [6.07, 6.45) is 4.66.